The number of benzene rings is 1. The average Bonchev–Trinajstić information content (AvgIpc) is 2.36. The largest absolute Gasteiger partial charge is 0.416 e. The minimum Gasteiger partial charge on any atom is -0.368 e. The first-order valence-electron chi connectivity index (χ1n) is 6.30. The van der Waals surface area contributed by atoms with Gasteiger partial charge >= 0.3 is 6.18 Å². The molecule has 1 rings (SSSR count). The van der Waals surface area contributed by atoms with Crippen LogP contribution < -0.4 is 5.73 Å². The molecule has 4 nitrogen and oxygen atoms in total. The van der Waals surface area contributed by atoms with Crippen LogP contribution in [0.15, 0.2) is 24.3 Å². The van der Waals surface area contributed by atoms with E-state index in [1.807, 2.05) is 0 Å². The minimum atomic E-state index is -4.38. The number of primary amides is 1. The van der Waals surface area contributed by atoms with Gasteiger partial charge in [0, 0.05) is 13.5 Å². The molecule has 7 heteroatoms. The van der Waals surface area contributed by atoms with Gasteiger partial charge < -0.3 is 10.6 Å². The van der Waals surface area contributed by atoms with Crippen molar-refractivity contribution in [1.82, 2.24) is 4.90 Å². The Kier molecular flexibility index (Phi) is 5.34. The zero-order valence-electron chi connectivity index (χ0n) is 11.8. The van der Waals surface area contributed by atoms with Crippen LogP contribution in [0.3, 0.4) is 0 Å². The SMILES string of the molecule is C[C@@H](CC(=O)N(C)CC(N)=O)c1ccc(C(F)(F)F)cc1. The molecule has 0 bridgehead atoms. The van der Waals surface area contributed by atoms with Gasteiger partial charge in [0.25, 0.3) is 0 Å². The van der Waals surface area contributed by atoms with E-state index in [-0.39, 0.29) is 24.8 Å². The summed E-state index contributed by atoms with van der Waals surface area (Å²) in [4.78, 5) is 23.7. The summed E-state index contributed by atoms with van der Waals surface area (Å²) < 4.78 is 37.4. The van der Waals surface area contributed by atoms with Crippen molar-refractivity contribution in [3.63, 3.8) is 0 Å². The summed E-state index contributed by atoms with van der Waals surface area (Å²) in [5.41, 5.74) is 4.89. The quantitative estimate of drug-likeness (QED) is 0.905. The number of nitrogens with two attached hydrogens (primary N) is 1. The Labute approximate surface area is 120 Å². The van der Waals surface area contributed by atoms with Crippen molar-refractivity contribution in [1.29, 1.82) is 0 Å². The lowest BCUT2D eigenvalue weighted by atomic mass is 9.96. The highest BCUT2D eigenvalue weighted by Gasteiger charge is 2.30. The molecule has 0 fully saturated rings. The standard InChI is InChI=1S/C14H17F3N2O2/c1-9(7-13(21)19(2)8-12(18)20)10-3-5-11(6-4-10)14(15,16)17/h3-6,9H,7-8H2,1-2H3,(H2,18,20)/t9-/m0/s1. The first kappa shape index (κ1) is 17.0. The van der Waals surface area contributed by atoms with Crippen molar-refractivity contribution >= 4 is 11.8 Å². The lowest BCUT2D eigenvalue weighted by Gasteiger charge is -2.18. The van der Waals surface area contributed by atoms with E-state index in [0.29, 0.717) is 5.56 Å². The maximum Gasteiger partial charge on any atom is 0.416 e. The molecule has 0 heterocycles. The van der Waals surface area contributed by atoms with E-state index >= 15 is 0 Å². The predicted molar refractivity (Wildman–Crippen MR) is 71.3 cm³/mol. The number of carbonyl (C=O) groups excluding carboxylic acids is 2. The smallest absolute Gasteiger partial charge is 0.368 e. The van der Waals surface area contributed by atoms with Gasteiger partial charge in [-0.15, -0.1) is 0 Å². The molecule has 2 N–H and O–H groups in total. The maximum absolute atomic E-state index is 12.5. The first-order valence-corrected chi connectivity index (χ1v) is 6.30. The highest BCUT2D eigenvalue weighted by Crippen LogP contribution is 2.30. The number of amides is 2. The zero-order valence-corrected chi connectivity index (χ0v) is 11.8. The number of alkyl halides is 3. The summed E-state index contributed by atoms with van der Waals surface area (Å²) in [5, 5.41) is 0. The van der Waals surface area contributed by atoms with Gasteiger partial charge in [-0.25, -0.2) is 0 Å². The minimum absolute atomic E-state index is 0.0924. The Morgan fingerprint density at radius 2 is 1.76 bits per heavy atom. The number of hydrogen-bond acceptors (Lipinski definition) is 2. The van der Waals surface area contributed by atoms with Gasteiger partial charge in [0.1, 0.15) is 0 Å². The Balaban J connectivity index is 2.69. The molecule has 116 valence electrons. The summed E-state index contributed by atoms with van der Waals surface area (Å²) in [6.45, 7) is 1.55. The van der Waals surface area contributed by atoms with Crippen LogP contribution in [0, 0.1) is 0 Å². The monoisotopic (exact) mass is 302 g/mol. The van der Waals surface area contributed by atoms with E-state index in [4.69, 9.17) is 5.73 Å². The Hall–Kier alpha value is -2.05. The van der Waals surface area contributed by atoms with E-state index < -0.39 is 17.6 Å². The van der Waals surface area contributed by atoms with E-state index in [1.54, 1.807) is 6.92 Å². The summed E-state index contributed by atoms with van der Waals surface area (Å²) in [5.74, 6) is -1.16. The van der Waals surface area contributed by atoms with Gasteiger partial charge in [-0.05, 0) is 23.6 Å². The van der Waals surface area contributed by atoms with Crippen LogP contribution in [0.25, 0.3) is 0 Å². The van der Waals surface area contributed by atoms with Crippen LogP contribution in [0.1, 0.15) is 30.4 Å². The van der Waals surface area contributed by atoms with Crippen molar-refractivity contribution in [2.24, 2.45) is 5.73 Å². The van der Waals surface area contributed by atoms with Crippen LogP contribution in [-0.4, -0.2) is 30.3 Å². The van der Waals surface area contributed by atoms with Gasteiger partial charge in [0.2, 0.25) is 11.8 Å². The van der Waals surface area contributed by atoms with Crippen LogP contribution >= 0.6 is 0 Å². The molecule has 1 aromatic rings. The van der Waals surface area contributed by atoms with Crippen LogP contribution in [0.5, 0.6) is 0 Å². The molecule has 1 aromatic carbocycles. The van der Waals surface area contributed by atoms with Crippen molar-refractivity contribution in [3.05, 3.63) is 35.4 Å². The molecular formula is C14H17F3N2O2. The number of carbonyl (C=O) groups is 2. The second kappa shape index (κ2) is 6.60. The van der Waals surface area contributed by atoms with Crippen molar-refractivity contribution in [3.8, 4) is 0 Å². The average molecular weight is 302 g/mol. The fourth-order valence-corrected chi connectivity index (χ4v) is 1.86. The molecular weight excluding hydrogens is 285 g/mol. The number of nitrogens with zero attached hydrogens (tertiary/aromatic N) is 1. The summed E-state index contributed by atoms with van der Waals surface area (Å²) in [6.07, 6.45) is -4.28. The van der Waals surface area contributed by atoms with Gasteiger partial charge in [-0.3, -0.25) is 9.59 Å². The normalized spacial score (nSPS) is 12.8. The third-order valence-corrected chi connectivity index (χ3v) is 3.11. The molecule has 0 spiro atoms. The molecule has 2 amide bonds. The van der Waals surface area contributed by atoms with Gasteiger partial charge in [0.15, 0.2) is 0 Å². The zero-order chi connectivity index (χ0) is 16.2. The topological polar surface area (TPSA) is 63.4 Å². The van der Waals surface area contributed by atoms with Crippen LogP contribution in [-0.2, 0) is 15.8 Å². The van der Waals surface area contributed by atoms with Crippen molar-refractivity contribution < 1.29 is 22.8 Å². The highest BCUT2D eigenvalue weighted by molar-refractivity contribution is 5.83. The summed E-state index contributed by atoms with van der Waals surface area (Å²) >= 11 is 0. The Bertz CT molecular complexity index is 512. The maximum atomic E-state index is 12.5. The number of halogens is 3. The Morgan fingerprint density at radius 1 is 1.24 bits per heavy atom. The second-order valence-electron chi connectivity index (χ2n) is 4.94. The third kappa shape index (κ3) is 5.09. The van der Waals surface area contributed by atoms with Gasteiger partial charge in [0.05, 0.1) is 12.1 Å². The molecule has 0 unspecified atom stereocenters. The molecule has 0 radical (unpaired) electrons. The van der Waals surface area contributed by atoms with E-state index in [9.17, 15) is 22.8 Å². The van der Waals surface area contributed by atoms with Crippen LogP contribution in [0.2, 0.25) is 0 Å². The second-order valence-corrected chi connectivity index (χ2v) is 4.94. The molecule has 1 atom stereocenters. The molecule has 0 aliphatic rings. The number of rotatable bonds is 5. The van der Waals surface area contributed by atoms with Crippen molar-refractivity contribution in [2.75, 3.05) is 13.6 Å². The van der Waals surface area contributed by atoms with Crippen LogP contribution in [0.4, 0.5) is 13.2 Å². The van der Waals surface area contributed by atoms with E-state index in [2.05, 4.69) is 0 Å². The molecule has 21 heavy (non-hydrogen) atoms. The molecule has 0 aliphatic heterocycles. The fourth-order valence-electron chi connectivity index (χ4n) is 1.86. The van der Waals surface area contributed by atoms with Gasteiger partial charge in [-0.2, -0.15) is 13.2 Å². The number of likely N-dealkylation sites (N-methyl/N-ethyl adjacent to an activating group) is 1. The molecule has 0 aromatic heterocycles. The molecule has 0 aliphatic carbocycles. The summed E-state index contributed by atoms with van der Waals surface area (Å²) in [7, 11) is 1.45. The van der Waals surface area contributed by atoms with Crippen molar-refractivity contribution in [2.45, 2.75) is 25.4 Å². The first-order chi connectivity index (χ1) is 9.61. The van der Waals surface area contributed by atoms with Gasteiger partial charge in [-0.1, -0.05) is 19.1 Å². The fraction of sp³-hybridized carbons (Fsp3) is 0.429. The molecule has 0 saturated carbocycles. The lowest BCUT2D eigenvalue weighted by Crippen LogP contribution is -2.35. The number of hydrogen-bond donors (Lipinski definition) is 1. The van der Waals surface area contributed by atoms with E-state index in [0.717, 1.165) is 12.1 Å². The predicted octanol–water partition coefficient (Wildman–Crippen LogP) is 2.14. The lowest BCUT2D eigenvalue weighted by molar-refractivity contribution is -0.137. The third-order valence-electron chi connectivity index (χ3n) is 3.11. The highest BCUT2D eigenvalue weighted by atomic mass is 19.4. The summed E-state index contributed by atoms with van der Waals surface area (Å²) in [6, 6.07) is 4.69. The Morgan fingerprint density at radius 3 is 2.19 bits per heavy atom. The van der Waals surface area contributed by atoms with E-state index in [1.165, 1.54) is 24.1 Å². The molecule has 0 saturated heterocycles.